The van der Waals surface area contributed by atoms with Gasteiger partial charge in [-0.05, 0) is 77.0 Å². The molecule has 0 bridgehead atoms. The van der Waals surface area contributed by atoms with Crippen molar-refractivity contribution in [2.45, 2.75) is 219 Å². The lowest BCUT2D eigenvalue weighted by Crippen LogP contribution is -3.00. The van der Waals surface area contributed by atoms with Crippen LogP contribution in [0.5, 0.6) is 0 Å². The molecule has 0 spiro atoms. The standard InChI is InChI=1S/C49H92NO6.BrH/c1-5-7-9-11-13-15-17-19-21-23-25-27-29-31-33-37-48(53)55-44-39-46(47(52)36-35-41-50(3,4)42-43-51)40-45-56-49(54)38-34-32-30-28-26-24-22-20-18-16-14-12-10-8-6-2;/h19-22,46,51H,5-18,23-45H2,1-4H3;1H/q+1;/p-1/b21-19-,22-20-;. The monoisotopic (exact) mass is 870 g/mol. The van der Waals surface area contributed by atoms with Crippen LogP contribution in [0.2, 0.25) is 0 Å². The van der Waals surface area contributed by atoms with Gasteiger partial charge in [0.15, 0.2) is 0 Å². The van der Waals surface area contributed by atoms with E-state index in [9.17, 15) is 19.5 Å². The lowest BCUT2D eigenvalue weighted by Gasteiger charge is -2.29. The molecule has 0 aliphatic carbocycles. The van der Waals surface area contributed by atoms with Crippen molar-refractivity contribution in [1.29, 1.82) is 0 Å². The molecule has 0 radical (unpaired) electrons. The molecule has 8 heteroatoms. The van der Waals surface area contributed by atoms with Crippen molar-refractivity contribution < 1.29 is 50.4 Å². The lowest BCUT2D eigenvalue weighted by atomic mass is 9.94. The summed E-state index contributed by atoms with van der Waals surface area (Å²) in [6, 6.07) is 0. The van der Waals surface area contributed by atoms with Crippen LogP contribution in [0.15, 0.2) is 24.3 Å². The normalized spacial score (nSPS) is 11.8. The molecule has 336 valence electrons. The molecule has 0 aromatic rings. The molecule has 57 heavy (non-hydrogen) atoms. The number of Topliss-reactive ketones (excluding diaryl/α,β-unsaturated/α-hetero) is 1. The van der Waals surface area contributed by atoms with E-state index in [1.54, 1.807) is 0 Å². The van der Waals surface area contributed by atoms with Crippen molar-refractivity contribution in [2.75, 3.05) is 47.0 Å². The van der Waals surface area contributed by atoms with E-state index in [-0.39, 0.29) is 60.4 Å². The number of aliphatic hydroxyl groups excluding tert-OH is 1. The number of rotatable bonds is 43. The third-order valence-corrected chi connectivity index (χ3v) is 11.1. The Labute approximate surface area is 363 Å². The molecular formula is C49H92BrNO6. The number of hydrogen-bond donors (Lipinski definition) is 1. The maximum Gasteiger partial charge on any atom is 0.305 e. The zero-order valence-corrected chi connectivity index (χ0v) is 39.4. The first kappa shape index (κ1) is 57.6. The molecule has 0 rings (SSSR count). The smallest absolute Gasteiger partial charge is 0.305 e. The highest BCUT2D eigenvalue weighted by Crippen LogP contribution is 2.17. The highest BCUT2D eigenvalue weighted by Gasteiger charge is 2.22. The van der Waals surface area contributed by atoms with Gasteiger partial charge in [0, 0.05) is 31.6 Å². The molecule has 0 fully saturated rings. The van der Waals surface area contributed by atoms with Crippen molar-refractivity contribution in [3.63, 3.8) is 0 Å². The summed E-state index contributed by atoms with van der Waals surface area (Å²) in [4.78, 5) is 38.1. The van der Waals surface area contributed by atoms with Gasteiger partial charge in [0.25, 0.3) is 0 Å². The summed E-state index contributed by atoms with van der Waals surface area (Å²) in [5.41, 5.74) is 0. The minimum atomic E-state index is -0.302. The number of ether oxygens (including phenoxy) is 2. The average molecular weight is 871 g/mol. The molecule has 0 atom stereocenters. The highest BCUT2D eigenvalue weighted by atomic mass is 79.9. The second-order valence-electron chi connectivity index (χ2n) is 17.1. The Bertz CT molecular complexity index is 910. The summed E-state index contributed by atoms with van der Waals surface area (Å²) in [5, 5.41) is 9.34. The Morgan fingerprint density at radius 2 is 0.842 bits per heavy atom. The van der Waals surface area contributed by atoms with Crippen LogP contribution < -0.4 is 17.0 Å². The van der Waals surface area contributed by atoms with Gasteiger partial charge in [-0.3, -0.25) is 14.4 Å². The van der Waals surface area contributed by atoms with E-state index in [1.807, 2.05) is 0 Å². The number of esters is 2. The van der Waals surface area contributed by atoms with Crippen LogP contribution in [0, 0.1) is 5.92 Å². The molecule has 0 heterocycles. The van der Waals surface area contributed by atoms with Crippen molar-refractivity contribution >= 4 is 17.7 Å². The summed E-state index contributed by atoms with van der Waals surface area (Å²) in [5.74, 6) is -0.550. The van der Waals surface area contributed by atoms with Crippen LogP contribution in [0.4, 0.5) is 0 Å². The van der Waals surface area contributed by atoms with Crippen LogP contribution in [-0.4, -0.2) is 74.3 Å². The molecule has 0 aliphatic rings. The van der Waals surface area contributed by atoms with Gasteiger partial charge >= 0.3 is 11.9 Å². The predicted octanol–water partition coefficient (Wildman–Crippen LogP) is 9.97. The van der Waals surface area contributed by atoms with Crippen LogP contribution in [0.1, 0.15) is 219 Å². The predicted molar refractivity (Wildman–Crippen MR) is 237 cm³/mol. The van der Waals surface area contributed by atoms with Gasteiger partial charge in [0.2, 0.25) is 0 Å². The Balaban J connectivity index is 0. The quantitative estimate of drug-likeness (QED) is 0.0284. The number of allylic oxidation sites excluding steroid dienone is 4. The summed E-state index contributed by atoms with van der Waals surface area (Å²) < 4.78 is 11.8. The van der Waals surface area contributed by atoms with Crippen molar-refractivity contribution in [2.24, 2.45) is 5.92 Å². The number of likely N-dealkylation sites (N-methyl/N-ethyl adjacent to an activating group) is 1. The molecule has 0 aliphatic heterocycles. The molecule has 0 amide bonds. The van der Waals surface area contributed by atoms with Crippen molar-refractivity contribution in [1.82, 2.24) is 0 Å². The van der Waals surface area contributed by atoms with Crippen molar-refractivity contribution in [3.05, 3.63) is 24.3 Å². The zero-order valence-electron chi connectivity index (χ0n) is 37.9. The molecule has 0 saturated carbocycles. The first-order valence-corrected chi connectivity index (χ1v) is 23.8. The van der Waals surface area contributed by atoms with Gasteiger partial charge in [-0.25, -0.2) is 0 Å². The van der Waals surface area contributed by atoms with E-state index in [1.165, 1.54) is 116 Å². The fraction of sp³-hybridized carbons (Fsp3) is 0.857. The molecule has 7 nitrogen and oxygen atoms in total. The third kappa shape index (κ3) is 42.4. The number of carbonyl (C=O) groups excluding carboxylic acids is 3. The van der Waals surface area contributed by atoms with Gasteiger partial charge in [-0.1, -0.05) is 141 Å². The third-order valence-electron chi connectivity index (χ3n) is 11.1. The first-order chi connectivity index (χ1) is 27.3. The second kappa shape index (κ2) is 44.1. The van der Waals surface area contributed by atoms with Gasteiger partial charge in [0.05, 0.1) is 40.5 Å². The van der Waals surface area contributed by atoms with Crippen LogP contribution in [-0.2, 0) is 23.9 Å². The lowest BCUT2D eigenvalue weighted by molar-refractivity contribution is -0.890. The number of unbranched alkanes of at least 4 members (excludes halogenated alkanes) is 22. The largest absolute Gasteiger partial charge is 1.00 e. The summed E-state index contributed by atoms with van der Waals surface area (Å²) in [6.07, 6.45) is 44.0. The summed E-state index contributed by atoms with van der Waals surface area (Å²) >= 11 is 0. The fourth-order valence-electron chi connectivity index (χ4n) is 7.19. The molecule has 0 unspecified atom stereocenters. The number of nitrogens with zero attached hydrogens (tertiary/aromatic N) is 1. The van der Waals surface area contributed by atoms with Crippen molar-refractivity contribution in [3.8, 4) is 0 Å². The molecule has 0 aromatic carbocycles. The van der Waals surface area contributed by atoms with E-state index < -0.39 is 0 Å². The first-order valence-electron chi connectivity index (χ1n) is 23.8. The Morgan fingerprint density at radius 1 is 0.491 bits per heavy atom. The molecular weight excluding hydrogens is 778 g/mol. The van der Waals surface area contributed by atoms with E-state index in [0.717, 1.165) is 64.3 Å². The Morgan fingerprint density at radius 3 is 1.21 bits per heavy atom. The van der Waals surface area contributed by atoms with E-state index >= 15 is 0 Å². The Kier molecular flexibility index (Phi) is 44.5. The number of carbonyl (C=O) groups is 3. The summed E-state index contributed by atoms with van der Waals surface area (Å²) in [7, 11) is 4.12. The number of hydrogen-bond acceptors (Lipinski definition) is 6. The maximum atomic E-state index is 13.3. The minimum absolute atomic E-state index is 0. The van der Waals surface area contributed by atoms with Gasteiger partial charge < -0.3 is 36.0 Å². The van der Waals surface area contributed by atoms with E-state index in [0.29, 0.717) is 43.1 Å². The van der Waals surface area contributed by atoms with E-state index in [2.05, 4.69) is 52.2 Å². The number of quaternary nitrogens is 1. The Hall–Kier alpha value is -1.51. The zero-order chi connectivity index (χ0) is 41.2. The molecule has 0 saturated heterocycles. The van der Waals surface area contributed by atoms with Gasteiger partial charge in [0.1, 0.15) is 12.3 Å². The molecule has 1 N–H and O–H groups in total. The van der Waals surface area contributed by atoms with Gasteiger partial charge in [-0.2, -0.15) is 0 Å². The van der Waals surface area contributed by atoms with Crippen LogP contribution in [0.25, 0.3) is 0 Å². The number of ketones is 1. The van der Waals surface area contributed by atoms with E-state index in [4.69, 9.17) is 9.47 Å². The maximum absolute atomic E-state index is 13.3. The summed E-state index contributed by atoms with van der Waals surface area (Å²) in [6.45, 7) is 6.53. The number of halogens is 1. The SMILES string of the molecule is CCCCCCCC/C=C\CCCCCCCC(=O)OCCC(CCOC(=O)CCCCCCC/C=C\CCCCCCCC)C(=O)CCC[N+](C)(C)CCO.[Br-]. The fourth-order valence-corrected chi connectivity index (χ4v) is 7.19. The van der Waals surface area contributed by atoms with Crippen LogP contribution >= 0.6 is 0 Å². The highest BCUT2D eigenvalue weighted by molar-refractivity contribution is 5.81. The van der Waals surface area contributed by atoms with Gasteiger partial charge in [-0.15, -0.1) is 0 Å². The molecule has 0 aromatic heterocycles. The average Bonchev–Trinajstić information content (AvgIpc) is 3.17. The number of aliphatic hydroxyl groups is 1. The topological polar surface area (TPSA) is 89.9 Å². The van der Waals surface area contributed by atoms with Crippen LogP contribution in [0.3, 0.4) is 0 Å². The second-order valence-corrected chi connectivity index (χ2v) is 17.1. The minimum Gasteiger partial charge on any atom is -1.00 e.